The molecule has 0 saturated heterocycles. The lowest BCUT2D eigenvalue weighted by Gasteiger charge is -2.28. The van der Waals surface area contributed by atoms with Gasteiger partial charge < -0.3 is 9.73 Å². The van der Waals surface area contributed by atoms with Gasteiger partial charge in [0.05, 0.1) is 5.75 Å². The number of carbonyl (C=O) groups is 1. The first-order valence-electron chi connectivity index (χ1n) is 9.30. The van der Waals surface area contributed by atoms with Crippen molar-refractivity contribution in [1.82, 2.24) is 9.62 Å². The first kappa shape index (κ1) is 19.4. The van der Waals surface area contributed by atoms with E-state index in [1.807, 2.05) is 24.3 Å². The van der Waals surface area contributed by atoms with Crippen LogP contribution in [-0.4, -0.2) is 37.5 Å². The Morgan fingerprint density at radius 1 is 1.07 bits per heavy atom. The molecule has 0 bridgehead atoms. The fraction of sp³-hybridized carbons (Fsp3) is 0.238. The normalized spacial score (nSPS) is 14.5. The van der Waals surface area contributed by atoms with Gasteiger partial charge in [0.25, 0.3) is 5.91 Å². The summed E-state index contributed by atoms with van der Waals surface area (Å²) in [5.74, 6) is -0.886. The summed E-state index contributed by atoms with van der Waals surface area (Å²) in [6.07, 6.45) is 0.667. The Balaban J connectivity index is 1.40. The molecule has 0 fully saturated rings. The highest BCUT2D eigenvalue weighted by Crippen LogP contribution is 2.21. The highest BCUT2D eigenvalue weighted by atomic mass is 32.2. The largest absolute Gasteiger partial charge is 0.422 e. The van der Waals surface area contributed by atoms with Crippen molar-refractivity contribution in [3.05, 3.63) is 81.7 Å². The summed E-state index contributed by atoms with van der Waals surface area (Å²) in [6, 6.07) is 16.1. The van der Waals surface area contributed by atoms with E-state index < -0.39 is 21.6 Å². The van der Waals surface area contributed by atoms with Crippen molar-refractivity contribution in [2.24, 2.45) is 0 Å². The van der Waals surface area contributed by atoms with E-state index in [2.05, 4.69) is 5.32 Å². The Morgan fingerprint density at radius 3 is 2.62 bits per heavy atom. The molecule has 3 aromatic rings. The fourth-order valence-electron chi connectivity index (χ4n) is 3.45. The third kappa shape index (κ3) is 4.08. The van der Waals surface area contributed by atoms with Crippen LogP contribution in [0.1, 0.15) is 21.5 Å². The maximum atomic E-state index is 12.6. The minimum absolute atomic E-state index is 0.0917. The van der Waals surface area contributed by atoms with Crippen LogP contribution < -0.4 is 10.9 Å². The van der Waals surface area contributed by atoms with E-state index in [-0.39, 0.29) is 17.9 Å². The molecular formula is C21H20N2O5S. The molecule has 0 radical (unpaired) electrons. The number of para-hydroxylation sites is 1. The van der Waals surface area contributed by atoms with Crippen LogP contribution in [0.15, 0.2) is 63.8 Å². The van der Waals surface area contributed by atoms with Crippen LogP contribution in [0.5, 0.6) is 0 Å². The van der Waals surface area contributed by atoms with E-state index >= 15 is 0 Å². The van der Waals surface area contributed by atoms with Gasteiger partial charge in [0.1, 0.15) is 11.1 Å². The van der Waals surface area contributed by atoms with Crippen LogP contribution in [0.4, 0.5) is 0 Å². The molecular weight excluding hydrogens is 392 g/mol. The molecule has 150 valence electrons. The lowest BCUT2D eigenvalue weighted by Crippen LogP contribution is -2.40. The lowest BCUT2D eigenvalue weighted by molar-refractivity contribution is 0.0952. The van der Waals surface area contributed by atoms with E-state index in [1.54, 1.807) is 24.3 Å². The zero-order chi connectivity index (χ0) is 20.4. The highest BCUT2D eigenvalue weighted by Gasteiger charge is 2.26. The van der Waals surface area contributed by atoms with Gasteiger partial charge in [0, 0.05) is 25.0 Å². The van der Waals surface area contributed by atoms with Gasteiger partial charge in [-0.15, -0.1) is 0 Å². The van der Waals surface area contributed by atoms with Gasteiger partial charge in [-0.25, -0.2) is 13.2 Å². The van der Waals surface area contributed by atoms with Crippen LogP contribution in [0.25, 0.3) is 11.0 Å². The molecule has 29 heavy (non-hydrogen) atoms. The van der Waals surface area contributed by atoms with Gasteiger partial charge in [-0.05, 0) is 29.7 Å². The molecule has 1 amide bonds. The van der Waals surface area contributed by atoms with Crippen LogP contribution in [0, 0.1) is 0 Å². The number of fused-ring (bicyclic) bond motifs is 2. The zero-order valence-electron chi connectivity index (χ0n) is 15.6. The Morgan fingerprint density at radius 2 is 1.79 bits per heavy atom. The Hall–Kier alpha value is -2.97. The minimum atomic E-state index is -3.53. The van der Waals surface area contributed by atoms with Gasteiger partial charge in [0.2, 0.25) is 10.0 Å². The van der Waals surface area contributed by atoms with Crippen molar-refractivity contribution in [3.8, 4) is 0 Å². The summed E-state index contributed by atoms with van der Waals surface area (Å²) in [6.45, 7) is 0.661. The van der Waals surface area contributed by atoms with Gasteiger partial charge in [-0.1, -0.05) is 42.5 Å². The summed E-state index contributed by atoms with van der Waals surface area (Å²) in [5, 5.41) is 3.14. The van der Waals surface area contributed by atoms with E-state index in [0.29, 0.717) is 30.5 Å². The molecule has 1 N–H and O–H groups in total. The van der Waals surface area contributed by atoms with E-state index in [0.717, 1.165) is 11.1 Å². The van der Waals surface area contributed by atoms with E-state index in [1.165, 1.54) is 10.4 Å². The third-order valence-electron chi connectivity index (χ3n) is 5.02. The second-order valence-corrected chi connectivity index (χ2v) is 9.00. The molecule has 0 unspecified atom stereocenters. The number of carbonyl (C=O) groups excluding carboxylic acids is 1. The molecule has 2 heterocycles. The number of amides is 1. The lowest BCUT2D eigenvalue weighted by atomic mass is 10.0. The van der Waals surface area contributed by atoms with Crippen LogP contribution in [0.3, 0.4) is 0 Å². The van der Waals surface area contributed by atoms with E-state index in [9.17, 15) is 18.0 Å². The molecule has 0 spiro atoms. The van der Waals surface area contributed by atoms with Crippen molar-refractivity contribution in [2.75, 3.05) is 18.8 Å². The summed E-state index contributed by atoms with van der Waals surface area (Å²) in [4.78, 5) is 24.4. The second-order valence-electron chi connectivity index (χ2n) is 6.91. The van der Waals surface area contributed by atoms with Gasteiger partial charge in [0.15, 0.2) is 0 Å². The topological polar surface area (TPSA) is 96.7 Å². The average Bonchev–Trinajstić information content (AvgIpc) is 2.72. The SMILES string of the molecule is O=C(NCCS(=O)(=O)N1CCc2ccccc2C1)c1cc2ccccc2oc1=O. The second kappa shape index (κ2) is 7.81. The molecule has 1 aliphatic heterocycles. The molecule has 0 saturated carbocycles. The number of nitrogens with zero attached hydrogens (tertiary/aromatic N) is 1. The van der Waals surface area contributed by atoms with Crippen LogP contribution in [-0.2, 0) is 23.0 Å². The zero-order valence-corrected chi connectivity index (χ0v) is 16.4. The van der Waals surface area contributed by atoms with Crippen LogP contribution >= 0.6 is 0 Å². The summed E-state index contributed by atoms with van der Waals surface area (Å²) >= 11 is 0. The molecule has 0 atom stereocenters. The first-order valence-corrected chi connectivity index (χ1v) is 10.9. The number of nitrogens with one attached hydrogen (secondary N) is 1. The predicted molar refractivity (Wildman–Crippen MR) is 109 cm³/mol. The van der Waals surface area contributed by atoms with Crippen molar-refractivity contribution < 1.29 is 17.6 Å². The maximum absolute atomic E-state index is 12.6. The van der Waals surface area contributed by atoms with Crippen molar-refractivity contribution in [2.45, 2.75) is 13.0 Å². The van der Waals surface area contributed by atoms with Gasteiger partial charge in [-0.2, -0.15) is 4.31 Å². The molecule has 8 heteroatoms. The number of rotatable bonds is 5. The molecule has 2 aromatic carbocycles. The molecule has 7 nitrogen and oxygen atoms in total. The third-order valence-corrected chi connectivity index (χ3v) is 6.84. The van der Waals surface area contributed by atoms with Crippen LogP contribution in [0.2, 0.25) is 0 Å². The van der Waals surface area contributed by atoms with Crippen molar-refractivity contribution in [1.29, 1.82) is 0 Å². The fourth-order valence-corrected chi connectivity index (χ4v) is 4.77. The standard InChI is InChI=1S/C21H20N2O5S/c24-20(18-13-16-6-3-4-8-19(16)28-21(18)25)22-10-12-29(26,27)23-11-9-15-5-1-2-7-17(15)14-23/h1-8,13H,9-12,14H2,(H,22,24). The Labute approximate surface area is 168 Å². The number of sulfonamides is 1. The van der Waals surface area contributed by atoms with Gasteiger partial charge in [-0.3, -0.25) is 4.79 Å². The molecule has 4 rings (SSSR count). The molecule has 1 aliphatic rings. The maximum Gasteiger partial charge on any atom is 0.349 e. The minimum Gasteiger partial charge on any atom is -0.422 e. The highest BCUT2D eigenvalue weighted by molar-refractivity contribution is 7.89. The number of hydrogen-bond donors (Lipinski definition) is 1. The summed E-state index contributed by atoms with van der Waals surface area (Å²) in [7, 11) is -3.53. The monoisotopic (exact) mass is 412 g/mol. The molecule has 1 aromatic heterocycles. The van der Waals surface area contributed by atoms with E-state index in [4.69, 9.17) is 4.42 Å². The molecule has 0 aliphatic carbocycles. The summed E-state index contributed by atoms with van der Waals surface area (Å²) in [5.41, 5.74) is 1.65. The Kier molecular flexibility index (Phi) is 5.21. The number of hydrogen-bond acceptors (Lipinski definition) is 5. The summed E-state index contributed by atoms with van der Waals surface area (Å²) < 4.78 is 31.9. The van der Waals surface area contributed by atoms with Crippen molar-refractivity contribution >= 4 is 26.9 Å². The quantitative estimate of drug-likeness (QED) is 0.646. The van der Waals surface area contributed by atoms with Crippen molar-refractivity contribution in [3.63, 3.8) is 0 Å². The predicted octanol–water partition coefficient (Wildman–Crippen LogP) is 1.91. The first-order chi connectivity index (χ1) is 13.9. The average molecular weight is 412 g/mol. The smallest absolute Gasteiger partial charge is 0.349 e. The number of benzene rings is 2. The Bertz CT molecular complexity index is 1230. The van der Waals surface area contributed by atoms with Gasteiger partial charge >= 0.3 is 5.63 Å².